The van der Waals surface area contributed by atoms with Gasteiger partial charge < -0.3 is 0 Å². The summed E-state index contributed by atoms with van der Waals surface area (Å²) < 4.78 is 1.77. The van der Waals surface area contributed by atoms with Gasteiger partial charge in [-0.15, -0.1) is 0 Å². The molecule has 0 N–H and O–H groups in total. The summed E-state index contributed by atoms with van der Waals surface area (Å²) in [5, 5.41) is 4.16. The SMILES string of the molecule is CCCCCC(=C/c1ccccc1)/C=C/C(=O)c1cnn(CC)c1. The van der Waals surface area contributed by atoms with Crippen molar-refractivity contribution in [1.82, 2.24) is 9.78 Å². The molecule has 0 aliphatic heterocycles. The van der Waals surface area contributed by atoms with Crippen molar-refractivity contribution in [3.05, 3.63) is 71.6 Å². The van der Waals surface area contributed by atoms with Crippen molar-refractivity contribution < 1.29 is 4.79 Å². The third-order valence-corrected chi connectivity index (χ3v) is 3.91. The summed E-state index contributed by atoms with van der Waals surface area (Å²) in [6.07, 6.45) is 13.7. The minimum Gasteiger partial charge on any atom is -0.289 e. The van der Waals surface area contributed by atoms with Gasteiger partial charge in [-0.25, -0.2) is 0 Å². The standard InChI is InChI=1S/C21H26N2O/c1-3-5-7-10-19(15-18-11-8-6-9-12-18)13-14-21(24)20-16-22-23(4-2)17-20/h6,8-9,11-17H,3-5,7,10H2,1-2H3/b14-13+,19-15-. The van der Waals surface area contributed by atoms with Crippen molar-refractivity contribution in [1.29, 1.82) is 0 Å². The van der Waals surface area contributed by atoms with Crippen molar-refractivity contribution in [2.24, 2.45) is 0 Å². The minimum absolute atomic E-state index is 0.00385. The molecule has 1 aromatic carbocycles. The first-order valence-corrected chi connectivity index (χ1v) is 8.73. The van der Waals surface area contributed by atoms with Gasteiger partial charge in [-0.3, -0.25) is 9.48 Å². The average molecular weight is 322 g/mol. The van der Waals surface area contributed by atoms with E-state index in [1.807, 2.05) is 31.2 Å². The minimum atomic E-state index is 0.00385. The molecule has 0 aliphatic carbocycles. The lowest BCUT2D eigenvalue weighted by molar-refractivity contribution is 0.104. The second-order valence-corrected chi connectivity index (χ2v) is 5.87. The number of hydrogen-bond acceptors (Lipinski definition) is 2. The smallest absolute Gasteiger partial charge is 0.188 e. The summed E-state index contributed by atoms with van der Waals surface area (Å²) in [6.45, 7) is 4.98. The van der Waals surface area contributed by atoms with E-state index >= 15 is 0 Å². The zero-order valence-electron chi connectivity index (χ0n) is 14.6. The number of hydrogen-bond donors (Lipinski definition) is 0. The van der Waals surface area contributed by atoms with E-state index in [0.29, 0.717) is 5.56 Å². The number of aryl methyl sites for hydroxylation is 1. The lowest BCUT2D eigenvalue weighted by Crippen LogP contribution is -1.95. The monoisotopic (exact) mass is 322 g/mol. The number of benzene rings is 1. The maximum atomic E-state index is 12.3. The van der Waals surface area contributed by atoms with E-state index in [0.717, 1.165) is 19.4 Å². The fourth-order valence-corrected chi connectivity index (χ4v) is 2.49. The zero-order chi connectivity index (χ0) is 17.2. The fraction of sp³-hybridized carbons (Fsp3) is 0.333. The normalized spacial score (nSPS) is 12.0. The molecule has 126 valence electrons. The van der Waals surface area contributed by atoms with Gasteiger partial charge in [0.25, 0.3) is 0 Å². The zero-order valence-corrected chi connectivity index (χ0v) is 14.6. The number of aromatic nitrogens is 2. The largest absolute Gasteiger partial charge is 0.289 e. The van der Waals surface area contributed by atoms with E-state index in [9.17, 15) is 4.79 Å². The van der Waals surface area contributed by atoms with Crippen LogP contribution in [-0.2, 0) is 6.54 Å². The number of nitrogens with zero attached hydrogens (tertiary/aromatic N) is 2. The Balaban J connectivity index is 2.11. The van der Waals surface area contributed by atoms with Crippen LogP contribution >= 0.6 is 0 Å². The molecule has 0 spiro atoms. The van der Waals surface area contributed by atoms with Gasteiger partial charge in [0.05, 0.1) is 11.8 Å². The molecule has 0 bridgehead atoms. The van der Waals surface area contributed by atoms with E-state index < -0.39 is 0 Å². The summed E-state index contributed by atoms with van der Waals surface area (Å²) in [4.78, 5) is 12.3. The number of carbonyl (C=O) groups is 1. The van der Waals surface area contributed by atoms with Crippen molar-refractivity contribution >= 4 is 11.9 Å². The molecule has 0 saturated heterocycles. The maximum absolute atomic E-state index is 12.3. The first kappa shape index (κ1) is 17.9. The van der Waals surface area contributed by atoms with Crippen LogP contribution in [0, 0.1) is 0 Å². The predicted molar refractivity (Wildman–Crippen MR) is 99.9 cm³/mol. The lowest BCUT2D eigenvalue weighted by atomic mass is 10.0. The predicted octanol–water partition coefficient (Wildman–Crippen LogP) is 5.31. The Morgan fingerprint density at radius 2 is 1.92 bits per heavy atom. The molecule has 0 unspecified atom stereocenters. The molecule has 1 heterocycles. The third kappa shape index (κ3) is 5.65. The van der Waals surface area contributed by atoms with Gasteiger partial charge in [0.1, 0.15) is 0 Å². The Kier molecular flexibility index (Phi) is 7.21. The van der Waals surface area contributed by atoms with Crippen LogP contribution in [0.5, 0.6) is 0 Å². The highest BCUT2D eigenvalue weighted by molar-refractivity contribution is 6.04. The summed E-state index contributed by atoms with van der Waals surface area (Å²) in [5.74, 6) is 0.00385. The van der Waals surface area contributed by atoms with Crippen molar-refractivity contribution in [3.63, 3.8) is 0 Å². The number of unbranched alkanes of at least 4 members (excludes halogenated alkanes) is 2. The summed E-state index contributed by atoms with van der Waals surface area (Å²) in [7, 11) is 0. The first-order chi connectivity index (χ1) is 11.7. The Hall–Kier alpha value is -2.42. The Morgan fingerprint density at radius 1 is 1.12 bits per heavy atom. The third-order valence-electron chi connectivity index (χ3n) is 3.91. The Morgan fingerprint density at radius 3 is 2.58 bits per heavy atom. The molecular weight excluding hydrogens is 296 g/mol. The van der Waals surface area contributed by atoms with E-state index in [-0.39, 0.29) is 5.78 Å². The van der Waals surface area contributed by atoms with E-state index in [1.54, 1.807) is 23.2 Å². The van der Waals surface area contributed by atoms with Crippen molar-refractivity contribution in [3.8, 4) is 0 Å². The molecule has 2 aromatic rings. The van der Waals surface area contributed by atoms with E-state index in [1.165, 1.54) is 24.0 Å². The van der Waals surface area contributed by atoms with E-state index in [2.05, 4.69) is 30.2 Å². The van der Waals surface area contributed by atoms with Gasteiger partial charge in [-0.2, -0.15) is 5.10 Å². The summed E-state index contributed by atoms with van der Waals surface area (Å²) in [5.41, 5.74) is 2.99. The highest BCUT2D eigenvalue weighted by Gasteiger charge is 2.05. The van der Waals surface area contributed by atoms with Crippen LogP contribution in [-0.4, -0.2) is 15.6 Å². The molecule has 0 radical (unpaired) electrons. The van der Waals surface area contributed by atoms with Gasteiger partial charge in [0.15, 0.2) is 5.78 Å². The molecule has 2 rings (SSSR count). The van der Waals surface area contributed by atoms with Crippen molar-refractivity contribution in [2.45, 2.75) is 46.1 Å². The summed E-state index contributed by atoms with van der Waals surface area (Å²) in [6, 6.07) is 10.2. The second-order valence-electron chi connectivity index (χ2n) is 5.87. The molecule has 0 atom stereocenters. The van der Waals surface area contributed by atoms with Crippen LogP contribution in [0.25, 0.3) is 6.08 Å². The van der Waals surface area contributed by atoms with Gasteiger partial charge in [-0.1, -0.05) is 62.2 Å². The quantitative estimate of drug-likeness (QED) is 0.271. The highest BCUT2D eigenvalue weighted by Crippen LogP contribution is 2.16. The van der Waals surface area contributed by atoms with Crippen LogP contribution in [0.3, 0.4) is 0 Å². The van der Waals surface area contributed by atoms with Gasteiger partial charge in [-0.05, 0) is 37.0 Å². The van der Waals surface area contributed by atoms with Gasteiger partial charge in [0.2, 0.25) is 0 Å². The van der Waals surface area contributed by atoms with Crippen molar-refractivity contribution in [2.75, 3.05) is 0 Å². The molecule has 0 aliphatic rings. The first-order valence-electron chi connectivity index (χ1n) is 8.73. The molecule has 3 nitrogen and oxygen atoms in total. The molecule has 0 saturated carbocycles. The number of carbonyl (C=O) groups excluding carboxylic acids is 1. The fourth-order valence-electron chi connectivity index (χ4n) is 2.49. The number of rotatable bonds is 9. The van der Waals surface area contributed by atoms with Crippen LogP contribution < -0.4 is 0 Å². The molecule has 0 amide bonds. The molecule has 24 heavy (non-hydrogen) atoms. The van der Waals surface area contributed by atoms with Crippen LogP contribution in [0.4, 0.5) is 0 Å². The molecular formula is C21H26N2O. The highest BCUT2D eigenvalue weighted by atomic mass is 16.1. The molecule has 3 heteroatoms. The second kappa shape index (κ2) is 9.66. The molecule has 1 aromatic heterocycles. The number of allylic oxidation sites excluding steroid dienone is 3. The maximum Gasteiger partial charge on any atom is 0.188 e. The van der Waals surface area contributed by atoms with Gasteiger partial charge >= 0.3 is 0 Å². The lowest BCUT2D eigenvalue weighted by Gasteiger charge is -2.03. The van der Waals surface area contributed by atoms with Crippen LogP contribution in [0.15, 0.2) is 60.5 Å². The Labute approximate surface area is 144 Å². The summed E-state index contributed by atoms with van der Waals surface area (Å²) >= 11 is 0. The Bertz CT molecular complexity index is 696. The van der Waals surface area contributed by atoms with Crippen LogP contribution in [0.1, 0.15) is 55.5 Å². The topological polar surface area (TPSA) is 34.9 Å². The van der Waals surface area contributed by atoms with Crippen LogP contribution in [0.2, 0.25) is 0 Å². The van der Waals surface area contributed by atoms with Gasteiger partial charge in [0, 0.05) is 12.7 Å². The number of ketones is 1. The average Bonchev–Trinajstić information content (AvgIpc) is 3.09. The molecule has 0 fully saturated rings. The van der Waals surface area contributed by atoms with E-state index in [4.69, 9.17) is 0 Å².